The first-order valence-corrected chi connectivity index (χ1v) is 6.14. The predicted molar refractivity (Wildman–Crippen MR) is 75.9 cm³/mol. The Morgan fingerprint density at radius 2 is 2.05 bits per heavy atom. The highest BCUT2D eigenvalue weighted by Crippen LogP contribution is 2.30. The quantitative estimate of drug-likeness (QED) is 0.916. The van der Waals surface area contributed by atoms with Gasteiger partial charge in [-0.25, -0.2) is 4.98 Å². The number of hydrogen-bond acceptors (Lipinski definition) is 4. The van der Waals surface area contributed by atoms with E-state index in [1.165, 1.54) is 0 Å². The molecule has 2 rings (SSSR count). The maximum atomic E-state index is 9.81. The molecule has 1 aromatic carbocycles. The van der Waals surface area contributed by atoms with Crippen molar-refractivity contribution in [2.24, 2.45) is 0 Å². The third-order valence-electron chi connectivity index (χ3n) is 3.03. The van der Waals surface area contributed by atoms with E-state index in [1.54, 1.807) is 20.2 Å². The Hall–Kier alpha value is -2.07. The SMILES string of the molecule is COc1cccc(N(C)c2ncccc2C(C)O)c1. The Kier molecular flexibility index (Phi) is 4.02. The number of aromatic nitrogens is 1. The van der Waals surface area contributed by atoms with E-state index >= 15 is 0 Å². The highest BCUT2D eigenvalue weighted by atomic mass is 16.5. The molecule has 1 atom stereocenters. The average Bonchev–Trinajstić information content (AvgIpc) is 2.46. The van der Waals surface area contributed by atoms with Gasteiger partial charge in [0.25, 0.3) is 0 Å². The first-order valence-electron chi connectivity index (χ1n) is 6.14. The molecular weight excluding hydrogens is 240 g/mol. The molecule has 0 aliphatic heterocycles. The minimum absolute atomic E-state index is 0.559. The van der Waals surface area contributed by atoms with E-state index < -0.39 is 6.10 Å². The maximum Gasteiger partial charge on any atom is 0.138 e. The summed E-state index contributed by atoms with van der Waals surface area (Å²) < 4.78 is 5.22. The van der Waals surface area contributed by atoms with Crippen LogP contribution < -0.4 is 9.64 Å². The van der Waals surface area contributed by atoms with Crippen molar-refractivity contribution in [2.45, 2.75) is 13.0 Å². The molecule has 1 heterocycles. The molecule has 1 unspecified atom stereocenters. The van der Waals surface area contributed by atoms with Crippen LogP contribution in [-0.4, -0.2) is 24.2 Å². The summed E-state index contributed by atoms with van der Waals surface area (Å²) in [5.41, 5.74) is 1.76. The molecule has 0 saturated heterocycles. The third kappa shape index (κ3) is 2.85. The number of aliphatic hydroxyl groups excluding tert-OH is 1. The van der Waals surface area contributed by atoms with Crippen molar-refractivity contribution >= 4 is 11.5 Å². The maximum absolute atomic E-state index is 9.81. The lowest BCUT2D eigenvalue weighted by molar-refractivity contribution is 0.199. The molecule has 4 nitrogen and oxygen atoms in total. The summed E-state index contributed by atoms with van der Waals surface area (Å²) in [6.07, 6.45) is 1.16. The zero-order chi connectivity index (χ0) is 13.8. The zero-order valence-corrected chi connectivity index (χ0v) is 11.4. The number of rotatable bonds is 4. The molecule has 0 spiro atoms. The van der Waals surface area contributed by atoms with Crippen molar-refractivity contribution in [3.8, 4) is 5.75 Å². The minimum Gasteiger partial charge on any atom is -0.497 e. The van der Waals surface area contributed by atoms with Crippen LogP contribution in [0.2, 0.25) is 0 Å². The van der Waals surface area contributed by atoms with Gasteiger partial charge in [0.15, 0.2) is 0 Å². The van der Waals surface area contributed by atoms with Crippen LogP contribution in [0.1, 0.15) is 18.6 Å². The number of benzene rings is 1. The normalized spacial score (nSPS) is 12.0. The molecule has 4 heteroatoms. The minimum atomic E-state index is -0.559. The van der Waals surface area contributed by atoms with Crippen LogP contribution in [0.5, 0.6) is 5.75 Å². The summed E-state index contributed by atoms with van der Waals surface area (Å²) in [5, 5.41) is 9.81. The van der Waals surface area contributed by atoms with Gasteiger partial charge < -0.3 is 14.7 Å². The Morgan fingerprint density at radius 3 is 2.74 bits per heavy atom. The van der Waals surface area contributed by atoms with Gasteiger partial charge in [-0.3, -0.25) is 0 Å². The van der Waals surface area contributed by atoms with E-state index in [9.17, 15) is 5.11 Å². The second-order valence-electron chi connectivity index (χ2n) is 4.35. The van der Waals surface area contributed by atoms with Gasteiger partial charge >= 0.3 is 0 Å². The second-order valence-corrected chi connectivity index (χ2v) is 4.35. The predicted octanol–water partition coefficient (Wildman–Crippen LogP) is 2.91. The molecule has 19 heavy (non-hydrogen) atoms. The lowest BCUT2D eigenvalue weighted by Crippen LogP contribution is -2.14. The average molecular weight is 258 g/mol. The van der Waals surface area contributed by atoms with Gasteiger partial charge in [-0.1, -0.05) is 12.1 Å². The lowest BCUT2D eigenvalue weighted by atomic mass is 10.1. The van der Waals surface area contributed by atoms with Gasteiger partial charge in [-0.2, -0.15) is 0 Å². The fourth-order valence-corrected chi connectivity index (χ4v) is 1.96. The van der Waals surface area contributed by atoms with Crippen LogP contribution >= 0.6 is 0 Å². The first kappa shape index (κ1) is 13.4. The van der Waals surface area contributed by atoms with E-state index in [2.05, 4.69) is 4.98 Å². The smallest absolute Gasteiger partial charge is 0.138 e. The summed E-state index contributed by atoms with van der Waals surface area (Å²) >= 11 is 0. The Bertz CT molecular complexity index is 555. The largest absolute Gasteiger partial charge is 0.497 e. The van der Waals surface area contributed by atoms with Gasteiger partial charge in [0, 0.05) is 30.6 Å². The van der Waals surface area contributed by atoms with E-state index in [4.69, 9.17) is 4.74 Å². The molecule has 0 bridgehead atoms. The summed E-state index contributed by atoms with van der Waals surface area (Å²) in [6.45, 7) is 1.74. The molecule has 100 valence electrons. The highest BCUT2D eigenvalue weighted by molar-refractivity contribution is 5.63. The molecule has 0 amide bonds. The Labute approximate surface area is 113 Å². The number of nitrogens with zero attached hydrogens (tertiary/aromatic N) is 2. The topological polar surface area (TPSA) is 45.6 Å². The number of pyridine rings is 1. The molecule has 0 radical (unpaired) electrons. The summed E-state index contributed by atoms with van der Waals surface area (Å²) in [6, 6.07) is 11.4. The van der Waals surface area contributed by atoms with Gasteiger partial charge in [0.05, 0.1) is 13.2 Å². The van der Waals surface area contributed by atoms with Crippen molar-refractivity contribution in [2.75, 3.05) is 19.1 Å². The lowest BCUT2D eigenvalue weighted by Gasteiger charge is -2.22. The van der Waals surface area contributed by atoms with Crippen molar-refractivity contribution in [3.63, 3.8) is 0 Å². The molecule has 2 aromatic rings. The van der Waals surface area contributed by atoms with Crippen LogP contribution in [0, 0.1) is 0 Å². The molecule has 0 saturated carbocycles. The third-order valence-corrected chi connectivity index (χ3v) is 3.03. The van der Waals surface area contributed by atoms with Crippen LogP contribution in [0.4, 0.5) is 11.5 Å². The fraction of sp³-hybridized carbons (Fsp3) is 0.267. The molecular formula is C15H18N2O2. The van der Waals surface area contributed by atoms with E-state index in [1.807, 2.05) is 48.3 Å². The molecule has 0 aliphatic carbocycles. The second kappa shape index (κ2) is 5.71. The number of anilines is 2. The number of aliphatic hydroxyl groups is 1. The number of methoxy groups -OCH3 is 1. The molecule has 1 N–H and O–H groups in total. The standard InChI is InChI=1S/C15H18N2O2/c1-11(18)14-8-5-9-16-15(14)17(2)12-6-4-7-13(10-12)19-3/h4-11,18H,1-3H3. The van der Waals surface area contributed by atoms with Crippen LogP contribution in [-0.2, 0) is 0 Å². The zero-order valence-electron chi connectivity index (χ0n) is 11.4. The van der Waals surface area contributed by atoms with Crippen LogP contribution in [0.25, 0.3) is 0 Å². The monoisotopic (exact) mass is 258 g/mol. The van der Waals surface area contributed by atoms with Crippen LogP contribution in [0.15, 0.2) is 42.6 Å². The van der Waals surface area contributed by atoms with E-state index in [0.29, 0.717) is 0 Å². The number of hydrogen-bond donors (Lipinski definition) is 1. The summed E-state index contributed by atoms with van der Waals surface area (Å²) in [4.78, 5) is 6.29. The number of ether oxygens (including phenoxy) is 1. The van der Waals surface area contributed by atoms with Gasteiger partial charge in [0.2, 0.25) is 0 Å². The van der Waals surface area contributed by atoms with Gasteiger partial charge in [0.1, 0.15) is 11.6 Å². The van der Waals surface area contributed by atoms with Gasteiger partial charge in [-0.05, 0) is 25.1 Å². The Balaban J connectivity index is 2.40. The van der Waals surface area contributed by atoms with Crippen molar-refractivity contribution in [1.29, 1.82) is 0 Å². The van der Waals surface area contributed by atoms with Crippen molar-refractivity contribution in [3.05, 3.63) is 48.2 Å². The molecule has 0 aliphatic rings. The van der Waals surface area contributed by atoms with Gasteiger partial charge in [-0.15, -0.1) is 0 Å². The molecule has 0 fully saturated rings. The highest BCUT2D eigenvalue weighted by Gasteiger charge is 2.14. The van der Waals surface area contributed by atoms with E-state index in [-0.39, 0.29) is 0 Å². The fourth-order valence-electron chi connectivity index (χ4n) is 1.96. The van der Waals surface area contributed by atoms with Crippen molar-refractivity contribution < 1.29 is 9.84 Å². The van der Waals surface area contributed by atoms with Crippen molar-refractivity contribution in [1.82, 2.24) is 4.98 Å². The Morgan fingerprint density at radius 1 is 1.26 bits per heavy atom. The summed E-state index contributed by atoms with van der Waals surface area (Å²) in [7, 11) is 3.56. The molecule has 1 aromatic heterocycles. The summed E-state index contributed by atoms with van der Waals surface area (Å²) in [5.74, 6) is 1.53. The first-order chi connectivity index (χ1) is 9.13. The van der Waals surface area contributed by atoms with Crippen LogP contribution in [0.3, 0.4) is 0 Å². The van der Waals surface area contributed by atoms with E-state index in [0.717, 1.165) is 22.8 Å².